The molecule has 3 N–H and O–H groups in total. The Bertz CT molecular complexity index is 304. The first kappa shape index (κ1) is 16.9. The number of nitrogens with zero attached hydrogens (tertiary/aromatic N) is 1. The van der Waals surface area contributed by atoms with E-state index in [-0.39, 0.29) is 31.0 Å². The fourth-order valence-electron chi connectivity index (χ4n) is 2.05. The van der Waals surface area contributed by atoms with Crippen molar-refractivity contribution in [2.24, 2.45) is 5.73 Å². The summed E-state index contributed by atoms with van der Waals surface area (Å²) < 4.78 is 10.9. The molecule has 1 saturated heterocycles. The van der Waals surface area contributed by atoms with Gasteiger partial charge in [-0.15, -0.1) is 0 Å². The molecule has 0 radical (unpaired) electrons. The molecule has 1 aliphatic rings. The number of carbonyl (C=O) groups is 2. The van der Waals surface area contributed by atoms with Crippen LogP contribution in [0.5, 0.6) is 0 Å². The largest absolute Gasteiger partial charge is 0.379 e. The van der Waals surface area contributed by atoms with Crippen molar-refractivity contribution in [2.75, 3.05) is 46.0 Å². The van der Waals surface area contributed by atoms with Gasteiger partial charge in [-0.25, -0.2) is 0 Å². The van der Waals surface area contributed by atoms with E-state index in [1.165, 1.54) is 0 Å². The van der Waals surface area contributed by atoms with Crippen LogP contribution < -0.4 is 11.1 Å². The highest BCUT2D eigenvalue weighted by Gasteiger charge is 2.23. The van der Waals surface area contributed by atoms with Gasteiger partial charge in [-0.1, -0.05) is 0 Å². The van der Waals surface area contributed by atoms with E-state index >= 15 is 0 Å². The van der Waals surface area contributed by atoms with Crippen molar-refractivity contribution in [2.45, 2.75) is 25.9 Å². The first-order chi connectivity index (χ1) is 9.67. The average Bonchev–Trinajstić information content (AvgIpc) is 2.49. The van der Waals surface area contributed by atoms with Crippen molar-refractivity contribution in [1.29, 1.82) is 0 Å². The molecular formula is C13H25N3O4. The Morgan fingerprint density at radius 1 is 1.30 bits per heavy atom. The Balaban J connectivity index is 2.14. The summed E-state index contributed by atoms with van der Waals surface area (Å²) in [5, 5.41) is 2.49. The molecule has 116 valence electrons. The maximum atomic E-state index is 11.8. The number of amides is 2. The van der Waals surface area contributed by atoms with E-state index in [0.29, 0.717) is 32.9 Å². The lowest BCUT2D eigenvalue weighted by Gasteiger charge is -2.32. The Morgan fingerprint density at radius 3 is 2.60 bits per heavy atom. The fraction of sp³-hybridized carbons (Fsp3) is 0.846. The molecule has 0 saturated carbocycles. The van der Waals surface area contributed by atoms with Gasteiger partial charge in [-0.05, 0) is 19.8 Å². The third kappa shape index (κ3) is 6.31. The number of nitrogens with one attached hydrogen (secondary N) is 1. The molecule has 7 nitrogen and oxygen atoms in total. The molecule has 1 heterocycles. The first-order valence-electron chi connectivity index (χ1n) is 7.11. The highest BCUT2D eigenvalue weighted by molar-refractivity contribution is 5.85. The molecule has 0 aromatic carbocycles. The van der Waals surface area contributed by atoms with E-state index in [1.807, 2.05) is 6.92 Å². The van der Waals surface area contributed by atoms with Gasteiger partial charge in [0.05, 0.1) is 32.4 Å². The minimum atomic E-state index is -0.313. The van der Waals surface area contributed by atoms with Crippen molar-refractivity contribution in [1.82, 2.24) is 10.2 Å². The van der Waals surface area contributed by atoms with E-state index < -0.39 is 0 Å². The number of hydrogen-bond donors (Lipinski definition) is 2. The third-order valence-corrected chi connectivity index (χ3v) is 3.20. The number of nitrogens with two attached hydrogens (primary N) is 1. The predicted molar refractivity (Wildman–Crippen MR) is 74.1 cm³/mol. The lowest BCUT2D eigenvalue weighted by Crippen LogP contribution is -2.46. The molecule has 0 aromatic heterocycles. The minimum Gasteiger partial charge on any atom is -0.379 e. The minimum absolute atomic E-state index is 0.0197. The summed E-state index contributed by atoms with van der Waals surface area (Å²) in [4.78, 5) is 24.6. The molecule has 1 rings (SSSR count). The molecule has 0 atom stereocenters. The van der Waals surface area contributed by atoms with Gasteiger partial charge < -0.3 is 25.4 Å². The zero-order valence-corrected chi connectivity index (χ0v) is 12.1. The molecule has 0 aromatic rings. The van der Waals surface area contributed by atoms with Gasteiger partial charge in [-0.2, -0.15) is 0 Å². The van der Waals surface area contributed by atoms with E-state index in [4.69, 9.17) is 15.2 Å². The molecule has 2 amide bonds. The topological polar surface area (TPSA) is 93.9 Å². The number of likely N-dealkylation sites (tertiary alicyclic amines) is 1. The molecule has 1 fully saturated rings. The van der Waals surface area contributed by atoms with Gasteiger partial charge in [0.25, 0.3) is 0 Å². The Morgan fingerprint density at radius 2 is 2.00 bits per heavy atom. The van der Waals surface area contributed by atoms with Gasteiger partial charge in [-0.3, -0.25) is 9.59 Å². The Hall–Kier alpha value is -1.18. The van der Waals surface area contributed by atoms with Gasteiger partial charge in [0.2, 0.25) is 11.8 Å². The monoisotopic (exact) mass is 287 g/mol. The van der Waals surface area contributed by atoms with Crippen molar-refractivity contribution in [3.8, 4) is 0 Å². The van der Waals surface area contributed by atoms with Crippen LogP contribution in [-0.4, -0.2) is 68.8 Å². The highest BCUT2D eigenvalue weighted by atomic mass is 16.5. The van der Waals surface area contributed by atoms with Gasteiger partial charge in [0.1, 0.15) is 0 Å². The van der Waals surface area contributed by atoms with Gasteiger partial charge in [0.15, 0.2) is 0 Å². The first-order valence-corrected chi connectivity index (χ1v) is 7.11. The summed E-state index contributed by atoms with van der Waals surface area (Å²) >= 11 is 0. The molecule has 0 bridgehead atoms. The fourth-order valence-corrected chi connectivity index (χ4v) is 2.05. The smallest absolute Gasteiger partial charge is 0.241 e. The number of hydrogen-bond acceptors (Lipinski definition) is 5. The van der Waals surface area contributed by atoms with Crippen LogP contribution in [0.2, 0.25) is 0 Å². The molecule has 7 heteroatoms. The van der Waals surface area contributed by atoms with Crippen LogP contribution in [-0.2, 0) is 19.1 Å². The second kappa shape index (κ2) is 9.68. The number of rotatable bonds is 8. The zero-order valence-electron chi connectivity index (χ0n) is 12.1. The van der Waals surface area contributed by atoms with E-state index in [9.17, 15) is 9.59 Å². The summed E-state index contributed by atoms with van der Waals surface area (Å²) in [6.07, 6.45) is 1.84. The quantitative estimate of drug-likeness (QED) is 0.565. The van der Waals surface area contributed by atoms with Crippen LogP contribution in [0.4, 0.5) is 0 Å². The van der Waals surface area contributed by atoms with Crippen LogP contribution >= 0.6 is 0 Å². The maximum absolute atomic E-state index is 11.8. The average molecular weight is 287 g/mol. The van der Waals surface area contributed by atoms with Crippen molar-refractivity contribution in [3.05, 3.63) is 0 Å². The predicted octanol–water partition coefficient (Wildman–Crippen LogP) is -0.895. The molecule has 20 heavy (non-hydrogen) atoms. The van der Waals surface area contributed by atoms with E-state index in [1.54, 1.807) is 4.90 Å². The summed E-state index contributed by atoms with van der Waals surface area (Å²) in [7, 11) is 0. The van der Waals surface area contributed by atoms with Crippen molar-refractivity contribution >= 4 is 11.8 Å². The second-order valence-corrected chi connectivity index (χ2v) is 4.63. The second-order valence-electron chi connectivity index (χ2n) is 4.63. The summed E-state index contributed by atoms with van der Waals surface area (Å²) in [6, 6.07) is 0. The van der Waals surface area contributed by atoms with Crippen LogP contribution in [0.15, 0.2) is 0 Å². The summed E-state index contributed by atoms with van der Waals surface area (Å²) in [6.45, 7) is 5.11. The normalized spacial score (nSPS) is 16.2. The van der Waals surface area contributed by atoms with E-state index in [2.05, 4.69) is 5.32 Å². The van der Waals surface area contributed by atoms with Crippen molar-refractivity contribution < 1.29 is 19.1 Å². The lowest BCUT2D eigenvalue weighted by atomic mass is 10.1. The molecule has 0 spiro atoms. The third-order valence-electron chi connectivity index (χ3n) is 3.20. The standard InChI is InChI=1S/C13H25N3O4/c1-2-19-7-8-20-11-3-5-16(6-4-11)13(18)10-15-12(17)9-14/h11H,2-10,14H2,1H3,(H,15,17). The molecular weight excluding hydrogens is 262 g/mol. The molecule has 1 aliphatic heterocycles. The summed E-state index contributed by atoms with van der Waals surface area (Å²) in [5.74, 6) is -0.382. The number of carbonyl (C=O) groups excluding carboxylic acids is 2. The van der Waals surface area contributed by atoms with Crippen LogP contribution in [0, 0.1) is 0 Å². The molecule has 0 unspecified atom stereocenters. The number of ether oxygens (including phenoxy) is 2. The van der Waals surface area contributed by atoms with Gasteiger partial charge >= 0.3 is 0 Å². The SMILES string of the molecule is CCOCCOC1CCN(C(=O)CNC(=O)CN)CC1. The zero-order chi connectivity index (χ0) is 14.8. The van der Waals surface area contributed by atoms with Gasteiger partial charge in [0, 0.05) is 19.7 Å². The Labute approximate surface area is 119 Å². The Kier molecular flexibility index (Phi) is 8.17. The molecule has 0 aliphatic carbocycles. The summed E-state index contributed by atoms with van der Waals surface area (Å²) in [5.41, 5.74) is 5.16. The van der Waals surface area contributed by atoms with Crippen molar-refractivity contribution in [3.63, 3.8) is 0 Å². The highest BCUT2D eigenvalue weighted by Crippen LogP contribution is 2.13. The van der Waals surface area contributed by atoms with E-state index in [0.717, 1.165) is 12.8 Å². The van der Waals surface area contributed by atoms with Crippen LogP contribution in [0.3, 0.4) is 0 Å². The van der Waals surface area contributed by atoms with Crippen LogP contribution in [0.1, 0.15) is 19.8 Å². The number of piperidine rings is 1. The van der Waals surface area contributed by atoms with Crippen LogP contribution in [0.25, 0.3) is 0 Å². The maximum Gasteiger partial charge on any atom is 0.241 e. The lowest BCUT2D eigenvalue weighted by molar-refractivity contribution is -0.135.